The molecule has 44 valence electrons. The van der Waals surface area contributed by atoms with Crippen molar-refractivity contribution in [2.45, 2.75) is 33.0 Å². The van der Waals surface area contributed by atoms with Crippen molar-refractivity contribution in [2.75, 3.05) is 0 Å². The Balaban J connectivity index is 2.52. The smallest absolute Gasteiger partial charge is 0.0707 e. The van der Waals surface area contributed by atoms with Gasteiger partial charge in [0.2, 0.25) is 0 Å². The van der Waals surface area contributed by atoms with Crippen LogP contribution in [0.15, 0.2) is 0 Å². The van der Waals surface area contributed by atoms with Crippen LogP contribution in [-0.4, -0.2) is 7.85 Å². The van der Waals surface area contributed by atoms with Crippen molar-refractivity contribution in [3.8, 4) is 0 Å². The molecule has 0 saturated heterocycles. The molecule has 1 aliphatic carbocycles. The second-order valence-corrected chi connectivity index (χ2v) is 3.56. The van der Waals surface area contributed by atoms with E-state index in [0.717, 1.165) is 5.92 Å². The maximum absolute atomic E-state index is 5.75. The number of rotatable bonds is 0. The minimum atomic E-state index is 0.417. The first-order valence-corrected chi connectivity index (χ1v) is 3.30. The van der Waals surface area contributed by atoms with Crippen LogP contribution in [0, 0.1) is 11.3 Å². The third kappa shape index (κ3) is 0.603. The van der Waals surface area contributed by atoms with Gasteiger partial charge in [0, 0.05) is 0 Å². The summed E-state index contributed by atoms with van der Waals surface area (Å²) in [5.74, 6) is 1.29. The third-order valence-corrected chi connectivity index (χ3v) is 2.83. The highest BCUT2D eigenvalue weighted by atomic mass is 14.4. The van der Waals surface area contributed by atoms with Gasteiger partial charge in [0.15, 0.2) is 0 Å². The van der Waals surface area contributed by atoms with Crippen LogP contribution >= 0.6 is 0 Å². The Morgan fingerprint density at radius 2 is 2.00 bits per heavy atom. The van der Waals surface area contributed by atoms with Crippen molar-refractivity contribution in [1.82, 2.24) is 0 Å². The summed E-state index contributed by atoms with van der Waals surface area (Å²) in [4.78, 5) is 0. The molecule has 1 saturated carbocycles. The SMILES string of the molecule is [B]C1CC(C)C1(C)C. The Kier molecular flexibility index (Phi) is 1.18. The van der Waals surface area contributed by atoms with Crippen LogP contribution in [0.3, 0.4) is 0 Å². The molecule has 0 nitrogen and oxygen atoms in total. The molecule has 1 aliphatic rings. The zero-order valence-corrected chi connectivity index (χ0v) is 5.94. The van der Waals surface area contributed by atoms with E-state index in [1.54, 1.807) is 0 Å². The van der Waals surface area contributed by atoms with E-state index in [2.05, 4.69) is 20.8 Å². The predicted molar refractivity (Wildman–Crippen MR) is 37.1 cm³/mol. The zero-order chi connectivity index (χ0) is 6.36. The van der Waals surface area contributed by atoms with Gasteiger partial charge in [0.05, 0.1) is 7.85 Å². The second kappa shape index (κ2) is 1.52. The quantitative estimate of drug-likeness (QED) is 0.416. The van der Waals surface area contributed by atoms with Gasteiger partial charge in [0.25, 0.3) is 0 Å². The fourth-order valence-corrected chi connectivity index (χ4v) is 1.19. The minimum absolute atomic E-state index is 0.417. The summed E-state index contributed by atoms with van der Waals surface area (Å²) < 4.78 is 0. The molecule has 0 spiro atoms. The predicted octanol–water partition coefficient (Wildman–Crippen LogP) is 2.01. The lowest BCUT2D eigenvalue weighted by atomic mass is 9.48. The van der Waals surface area contributed by atoms with Crippen molar-refractivity contribution >= 4 is 7.85 Å². The van der Waals surface area contributed by atoms with Gasteiger partial charge in [-0.05, 0) is 11.3 Å². The minimum Gasteiger partial charge on any atom is -0.0718 e. The summed E-state index contributed by atoms with van der Waals surface area (Å²) in [6.07, 6.45) is 1.22. The van der Waals surface area contributed by atoms with Gasteiger partial charge in [-0.3, -0.25) is 0 Å². The molecule has 0 aromatic heterocycles. The molecule has 0 aromatic carbocycles. The molecule has 0 aromatic rings. The van der Waals surface area contributed by atoms with E-state index >= 15 is 0 Å². The molecular weight excluding hydrogens is 94.9 g/mol. The summed E-state index contributed by atoms with van der Waals surface area (Å²) in [6, 6.07) is 0. The molecule has 2 atom stereocenters. The standard InChI is InChI=1S/C7H13B/c1-5-4-6(8)7(5,2)3/h5-6H,4H2,1-3H3. The van der Waals surface area contributed by atoms with Gasteiger partial charge in [-0.15, -0.1) is 0 Å². The third-order valence-electron chi connectivity index (χ3n) is 2.83. The molecule has 2 unspecified atom stereocenters. The molecule has 1 rings (SSSR count). The van der Waals surface area contributed by atoms with Gasteiger partial charge in [0.1, 0.15) is 0 Å². The monoisotopic (exact) mass is 108 g/mol. The second-order valence-electron chi connectivity index (χ2n) is 3.56. The first-order valence-electron chi connectivity index (χ1n) is 3.30. The van der Waals surface area contributed by atoms with E-state index in [-0.39, 0.29) is 0 Å². The lowest BCUT2D eigenvalue weighted by molar-refractivity contribution is 0.0912. The highest BCUT2D eigenvalue weighted by Crippen LogP contribution is 2.53. The van der Waals surface area contributed by atoms with Crippen LogP contribution in [-0.2, 0) is 0 Å². The lowest BCUT2D eigenvalue weighted by Crippen LogP contribution is -2.38. The van der Waals surface area contributed by atoms with Crippen LogP contribution in [0.4, 0.5) is 0 Å². The first-order chi connectivity index (χ1) is 3.55. The Bertz CT molecular complexity index is 86.6. The van der Waals surface area contributed by atoms with Gasteiger partial charge >= 0.3 is 0 Å². The van der Waals surface area contributed by atoms with Crippen molar-refractivity contribution in [2.24, 2.45) is 11.3 Å². The van der Waals surface area contributed by atoms with Crippen LogP contribution in [0.1, 0.15) is 27.2 Å². The molecule has 0 bridgehead atoms. The summed E-state index contributed by atoms with van der Waals surface area (Å²) in [5.41, 5.74) is 0.417. The van der Waals surface area contributed by atoms with E-state index in [4.69, 9.17) is 7.85 Å². The van der Waals surface area contributed by atoms with Crippen LogP contribution in [0.2, 0.25) is 5.82 Å². The summed E-state index contributed by atoms with van der Waals surface area (Å²) in [7, 11) is 5.75. The Labute approximate surface area is 53.1 Å². The highest BCUT2D eigenvalue weighted by Gasteiger charge is 2.41. The maximum atomic E-state index is 5.75. The van der Waals surface area contributed by atoms with Gasteiger partial charge in [-0.1, -0.05) is 33.0 Å². The molecular formula is C7H13B. The number of hydrogen-bond donors (Lipinski definition) is 0. The Hall–Kier alpha value is 0.0649. The van der Waals surface area contributed by atoms with Gasteiger partial charge in [-0.2, -0.15) is 0 Å². The fraction of sp³-hybridized carbons (Fsp3) is 1.00. The van der Waals surface area contributed by atoms with Crippen LogP contribution < -0.4 is 0 Å². The van der Waals surface area contributed by atoms with Crippen molar-refractivity contribution in [3.05, 3.63) is 0 Å². The average molecular weight is 108 g/mol. The maximum Gasteiger partial charge on any atom is 0.0707 e. The van der Waals surface area contributed by atoms with E-state index in [9.17, 15) is 0 Å². The molecule has 0 heterocycles. The molecule has 8 heavy (non-hydrogen) atoms. The summed E-state index contributed by atoms with van der Waals surface area (Å²) in [6.45, 7) is 6.75. The van der Waals surface area contributed by atoms with Gasteiger partial charge in [-0.25, -0.2) is 0 Å². The van der Waals surface area contributed by atoms with Crippen LogP contribution in [0.25, 0.3) is 0 Å². The van der Waals surface area contributed by atoms with Crippen LogP contribution in [0.5, 0.6) is 0 Å². The summed E-state index contributed by atoms with van der Waals surface area (Å²) >= 11 is 0. The normalized spacial score (nSPS) is 43.4. The van der Waals surface area contributed by atoms with Crippen molar-refractivity contribution < 1.29 is 0 Å². The molecule has 2 radical (unpaired) electrons. The highest BCUT2D eigenvalue weighted by molar-refractivity contribution is 6.12. The van der Waals surface area contributed by atoms with E-state index in [0.29, 0.717) is 11.2 Å². The Morgan fingerprint density at radius 3 is 2.00 bits per heavy atom. The average Bonchev–Trinajstić information content (AvgIpc) is 1.68. The van der Waals surface area contributed by atoms with Crippen molar-refractivity contribution in [1.29, 1.82) is 0 Å². The largest absolute Gasteiger partial charge is 0.0718 e. The number of hydrogen-bond acceptors (Lipinski definition) is 0. The molecule has 0 amide bonds. The zero-order valence-electron chi connectivity index (χ0n) is 5.94. The lowest BCUT2D eigenvalue weighted by Gasteiger charge is -2.49. The molecule has 1 fully saturated rings. The van der Waals surface area contributed by atoms with Gasteiger partial charge < -0.3 is 0 Å². The van der Waals surface area contributed by atoms with E-state index in [1.165, 1.54) is 6.42 Å². The van der Waals surface area contributed by atoms with E-state index in [1.807, 2.05) is 0 Å². The first kappa shape index (κ1) is 6.19. The van der Waals surface area contributed by atoms with Crippen molar-refractivity contribution in [3.63, 3.8) is 0 Å². The molecule has 0 N–H and O–H groups in total. The summed E-state index contributed by atoms with van der Waals surface area (Å²) in [5, 5.41) is 0. The molecule has 1 heteroatoms. The van der Waals surface area contributed by atoms with E-state index < -0.39 is 0 Å². The topological polar surface area (TPSA) is 0 Å². The fourth-order valence-electron chi connectivity index (χ4n) is 1.19. The Morgan fingerprint density at radius 1 is 1.50 bits per heavy atom. The molecule has 0 aliphatic heterocycles.